The van der Waals surface area contributed by atoms with Gasteiger partial charge in [0.15, 0.2) is 15.7 Å². The number of hydrogen-bond donors (Lipinski definition) is 0. The monoisotopic (exact) mass is 471 g/mol. The number of rotatable bonds is 9. The van der Waals surface area contributed by atoms with Crippen LogP contribution in [0, 0.1) is 17.8 Å². The van der Waals surface area contributed by atoms with Gasteiger partial charge in [-0.3, -0.25) is 0 Å². The van der Waals surface area contributed by atoms with Crippen LogP contribution in [0.5, 0.6) is 0 Å². The number of piperidine rings is 1. The normalized spacial score (nSPS) is 26.4. The highest BCUT2D eigenvalue weighted by Crippen LogP contribution is 2.48. The molecule has 1 aromatic heterocycles. The van der Waals surface area contributed by atoms with Crippen LogP contribution in [0.25, 0.3) is 0 Å². The highest BCUT2D eigenvalue weighted by Gasteiger charge is 2.44. The molecule has 2 atom stereocenters. The Morgan fingerprint density at radius 3 is 2.45 bits per heavy atom. The molecule has 0 spiro atoms. The number of sulfone groups is 1. The SMILES string of the molecule is O=S(=O)(c1ccc(COC[C@@H]2C[C@@H]2C2CCN(c3nc(C4CCC4)no3)CC2)cc1)C1CC1. The largest absolute Gasteiger partial charge is 0.376 e. The zero-order valence-electron chi connectivity index (χ0n) is 19.1. The Balaban J connectivity index is 0.922. The molecule has 4 aliphatic rings. The maximum Gasteiger partial charge on any atom is 0.324 e. The van der Waals surface area contributed by atoms with Gasteiger partial charge in [-0.25, -0.2) is 8.42 Å². The number of ether oxygens (including phenoxy) is 1. The van der Waals surface area contributed by atoms with Crippen LogP contribution in [-0.4, -0.2) is 43.5 Å². The van der Waals surface area contributed by atoms with E-state index in [0.29, 0.717) is 29.4 Å². The van der Waals surface area contributed by atoms with Gasteiger partial charge in [0.05, 0.1) is 23.4 Å². The fourth-order valence-electron chi connectivity index (χ4n) is 5.42. The van der Waals surface area contributed by atoms with E-state index in [1.165, 1.54) is 38.5 Å². The van der Waals surface area contributed by atoms with Crippen LogP contribution in [0.2, 0.25) is 0 Å². The Labute approximate surface area is 195 Å². The Bertz CT molecular complexity index is 1070. The fourth-order valence-corrected chi connectivity index (χ4v) is 7.08. The van der Waals surface area contributed by atoms with Gasteiger partial charge in [0.25, 0.3) is 0 Å². The number of anilines is 1. The molecule has 7 nitrogen and oxygen atoms in total. The summed E-state index contributed by atoms with van der Waals surface area (Å²) in [6.07, 6.45) is 8.89. The summed E-state index contributed by atoms with van der Waals surface area (Å²) < 4.78 is 36.1. The molecule has 8 heteroatoms. The average molecular weight is 472 g/mol. The fraction of sp³-hybridized carbons (Fsp3) is 0.680. The van der Waals surface area contributed by atoms with Crippen molar-refractivity contribution in [2.24, 2.45) is 17.8 Å². The molecule has 1 aromatic carbocycles. The lowest BCUT2D eigenvalue weighted by Gasteiger charge is -2.31. The van der Waals surface area contributed by atoms with Gasteiger partial charge >= 0.3 is 6.01 Å². The van der Waals surface area contributed by atoms with Crippen molar-refractivity contribution in [3.8, 4) is 0 Å². The van der Waals surface area contributed by atoms with Crippen LogP contribution >= 0.6 is 0 Å². The standard InChI is InChI=1S/C25H33N3O4S/c29-33(30,22-8-9-22)21-6-4-17(5-7-21)15-31-16-20-14-23(20)18-10-12-28(13-11-18)25-26-24(27-32-25)19-2-1-3-19/h4-7,18-20,22-23H,1-3,8-16H2/t20-,23+/m0/s1. The quantitative estimate of drug-likeness (QED) is 0.538. The topological polar surface area (TPSA) is 85.5 Å². The first-order valence-electron chi connectivity index (χ1n) is 12.6. The lowest BCUT2D eigenvalue weighted by Crippen LogP contribution is -2.34. The van der Waals surface area contributed by atoms with E-state index >= 15 is 0 Å². The second-order valence-corrected chi connectivity index (χ2v) is 12.7. The molecule has 4 fully saturated rings. The highest BCUT2D eigenvalue weighted by atomic mass is 32.2. The van der Waals surface area contributed by atoms with Crippen molar-refractivity contribution in [3.05, 3.63) is 35.7 Å². The van der Waals surface area contributed by atoms with E-state index in [-0.39, 0.29) is 5.25 Å². The first-order valence-corrected chi connectivity index (χ1v) is 14.1. The van der Waals surface area contributed by atoms with Crippen molar-refractivity contribution in [3.63, 3.8) is 0 Å². The van der Waals surface area contributed by atoms with Crippen LogP contribution in [-0.2, 0) is 21.2 Å². The molecule has 0 N–H and O–H groups in total. The predicted octanol–water partition coefficient (Wildman–Crippen LogP) is 4.34. The molecule has 3 aliphatic carbocycles. The van der Waals surface area contributed by atoms with E-state index < -0.39 is 9.84 Å². The molecule has 33 heavy (non-hydrogen) atoms. The molecule has 2 heterocycles. The van der Waals surface area contributed by atoms with E-state index in [9.17, 15) is 8.42 Å². The summed E-state index contributed by atoms with van der Waals surface area (Å²) in [7, 11) is -3.11. The molecule has 0 amide bonds. The van der Waals surface area contributed by atoms with Crippen LogP contribution in [0.3, 0.4) is 0 Å². The van der Waals surface area contributed by atoms with Crippen LogP contribution in [0.4, 0.5) is 6.01 Å². The molecule has 6 rings (SSSR count). The van der Waals surface area contributed by atoms with Gasteiger partial charge in [0, 0.05) is 19.0 Å². The zero-order chi connectivity index (χ0) is 22.4. The molecule has 0 radical (unpaired) electrons. The average Bonchev–Trinajstić information content (AvgIpc) is 3.72. The zero-order valence-corrected chi connectivity index (χ0v) is 19.9. The first kappa shape index (κ1) is 21.6. The molecule has 178 valence electrons. The lowest BCUT2D eigenvalue weighted by molar-refractivity contribution is 0.104. The summed E-state index contributed by atoms with van der Waals surface area (Å²) >= 11 is 0. The minimum absolute atomic E-state index is 0.157. The molecule has 3 saturated carbocycles. The third kappa shape index (κ3) is 4.56. The van der Waals surface area contributed by atoms with Gasteiger partial charge < -0.3 is 14.2 Å². The number of aromatic nitrogens is 2. The summed E-state index contributed by atoms with van der Waals surface area (Å²) in [5.74, 6) is 3.60. The summed E-state index contributed by atoms with van der Waals surface area (Å²) in [4.78, 5) is 7.35. The Hall–Kier alpha value is -1.93. The van der Waals surface area contributed by atoms with Gasteiger partial charge in [0.2, 0.25) is 0 Å². The van der Waals surface area contributed by atoms with Crippen LogP contribution in [0.15, 0.2) is 33.7 Å². The smallest absolute Gasteiger partial charge is 0.324 e. The van der Waals surface area contributed by atoms with Crippen molar-refractivity contribution in [2.75, 3.05) is 24.6 Å². The number of nitrogens with zero attached hydrogens (tertiary/aromatic N) is 3. The van der Waals surface area contributed by atoms with Crippen LogP contribution in [0.1, 0.15) is 68.7 Å². The Morgan fingerprint density at radius 2 is 1.79 bits per heavy atom. The molecule has 0 unspecified atom stereocenters. The molecule has 1 saturated heterocycles. The van der Waals surface area contributed by atoms with E-state index in [2.05, 4.69) is 15.0 Å². The Morgan fingerprint density at radius 1 is 1.03 bits per heavy atom. The first-order chi connectivity index (χ1) is 16.1. The van der Waals surface area contributed by atoms with Crippen molar-refractivity contribution >= 4 is 15.9 Å². The minimum atomic E-state index is -3.11. The minimum Gasteiger partial charge on any atom is -0.376 e. The third-order valence-electron chi connectivity index (χ3n) is 8.11. The van der Waals surface area contributed by atoms with E-state index in [4.69, 9.17) is 9.26 Å². The van der Waals surface area contributed by atoms with Gasteiger partial charge in [0.1, 0.15) is 0 Å². The van der Waals surface area contributed by atoms with E-state index in [0.717, 1.165) is 55.8 Å². The molecular weight excluding hydrogens is 438 g/mol. The summed E-state index contributed by atoms with van der Waals surface area (Å²) in [6.45, 7) is 3.33. The van der Waals surface area contributed by atoms with E-state index in [1.54, 1.807) is 12.1 Å². The van der Waals surface area contributed by atoms with Crippen LogP contribution < -0.4 is 4.90 Å². The number of benzene rings is 1. The molecule has 1 aliphatic heterocycles. The van der Waals surface area contributed by atoms with Gasteiger partial charge in [-0.1, -0.05) is 23.7 Å². The second-order valence-electron chi connectivity index (χ2n) is 10.5. The summed E-state index contributed by atoms with van der Waals surface area (Å²) in [5, 5.41) is 4.05. The van der Waals surface area contributed by atoms with Crippen molar-refractivity contribution in [2.45, 2.75) is 74.0 Å². The molecule has 2 aromatic rings. The van der Waals surface area contributed by atoms with Gasteiger partial charge in [-0.2, -0.15) is 4.98 Å². The van der Waals surface area contributed by atoms with Crippen molar-refractivity contribution < 1.29 is 17.7 Å². The Kier molecular flexibility index (Phi) is 5.69. The second kappa shape index (κ2) is 8.69. The maximum absolute atomic E-state index is 12.3. The highest BCUT2D eigenvalue weighted by molar-refractivity contribution is 7.92. The number of hydrogen-bond acceptors (Lipinski definition) is 7. The summed E-state index contributed by atoms with van der Waals surface area (Å²) in [5.41, 5.74) is 1.04. The van der Waals surface area contributed by atoms with E-state index in [1.807, 2.05) is 12.1 Å². The van der Waals surface area contributed by atoms with Gasteiger partial charge in [-0.05, 0) is 80.4 Å². The van der Waals surface area contributed by atoms with Crippen molar-refractivity contribution in [1.82, 2.24) is 10.1 Å². The molecule has 0 bridgehead atoms. The third-order valence-corrected chi connectivity index (χ3v) is 10.4. The summed E-state index contributed by atoms with van der Waals surface area (Å²) in [6, 6.07) is 7.96. The maximum atomic E-state index is 12.3. The van der Waals surface area contributed by atoms with Crippen molar-refractivity contribution in [1.29, 1.82) is 0 Å². The molecular formula is C25H33N3O4S. The lowest BCUT2D eigenvalue weighted by atomic mass is 9.85. The predicted molar refractivity (Wildman–Crippen MR) is 124 cm³/mol. The van der Waals surface area contributed by atoms with Gasteiger partial charge in [-0.15, -0.1) is 0 Å².